The molecule has 5 nitrogen and oxygen atoms in total. The van der Waals surface area contributed by atoms with E-state index < -0.39 is 10.2 Å². The second-order valence-corrected chi connectivity index (χ2v) is 7.38. The molecular formula is C12H25N3O2S. The van der Waals surface area contributed by atoms with Crippen molar-refractivity contribution in [2.24, 2.45) is 11.7 Å². The van der Waals surface area contributed by atoms with E-state index in [-0.39, 0.29) is 6.04 Å². The van der Waals surface area contributed by atoms with Crippen LogP contribution in [0.15, 0.2) is 0 Å². The van der Waals surface area contributed by atoms with Gasteiger partial charge in [0.15, 0.2) is 0 Å². The third-order valence-electron chi connectivity index (χ3n) is 4.24. The highest BCUT2D eigenvalue weighted by Crippen LogP contribution is 2.27. The Morgan fingerprint density at radius 3 is 2.39 bits per heavy atom. The molecule has 2 aliphatic heterocycles. The van der Waals surface area contributed by atoms with Crippen LogP contribution in [0.1, 0.15) is 39.0 Å². The Labute approximate surface area is 110 Å². The number of nitrogens with two attached hydrogens (primary N) is 1. The molecule has 2 aliphatic rings. The average Bonchev–Trinajstić information content (AvgIpc) is 2.39. The summed E-state index contributed by atoms with van der Waals surface area (Å²) in [6.07, 6.45) is 5.13. The minimum atomic E-state index is -3.29. The Hall–Kier alpha value is -0.170. The van der Waals surface area contributed by atoms with Crippen LogP contribution in [-0.2, 0) is 10.2 Å². The van der Waals surface area contributed by atoms with Crippen LogP contribution in [0.5, 0.6) is 0 Å². The second-order valence-electron chi connectivity index (χ2n) is 5.50. The van der Waals surface area contributed by atoms with E-state index in [4.69, 9.17) is 5.73 Å². The molecule has 106 valence electrons. The molecule has 6 heteroatoms. The fourth-order valence-electron chi connectivity index (χ4n) is 3.09. The van der Waals surface area contributed by atoms with Crippen molar-refractivity contribution in [1.82, 2.24) is 8.61 Å². The molecule has 0 aromatic carbocycles. The average molecular weight is 275 g/mol. The van der Waals surface area contributed by atoms with Crippen molar-refractivity contribution in [3.8, 4) is 0 Å². The third-order valence-corrected chi connectivity index (χ3v) is 6.31. The van der Waals surface area contributed by atoms with Crippen LogP contribution in [0.2, 0.25) is 0 Å². The van der Waals surface area contributed by atoms with Gasteiger partial charge in [0.2, 0.25) is 0 Å². The zero-order valence-corrected chi connectivity index (χ0v) is 12.0. The van der Waals surface area contributed by atoms with E-state index in [1.165, 1.54) is 0 Å². The van der Waals surface area contributed by atoms with Crippen LogP contribution in [0, 0.1) is 5.92 Å². The zero-order chi connectivity index (χ0) is 13.2. The molecule has 2 saturated heterocycles. The lowest BCUT2D eigenvalue weighted by molar-refractivity contribution is 0.176. The molecular weight excluding hydrogens is 250 g/mol. The fraction of sp³-hybridized carbons (Fsp3) is 1.00. The maximum atomic E-state index is 12.7. The van der Waals surface area contributed by atoms with Gasteiger partial charge < -0.3 is 5.73 Å². The maximum absolute atomic E-state index is 12.7. The van der Waals surface area contributed by atoms with Crippen LogP contribution in [0.3, 0.4) is 0 Å². The Morgan fingerprint density at radius 2 is 1.78 bits per heavy atom. The van der Waals surface area contributed by atoms with Gasteiger partial charge in [-0.15, -0.1) is 0 Å². The van der Waals surface area contributed by atoms with Crippen molar-refractivity contribution in [3.05, 3.63) is 0 Å². The molecule has 2 fully saturated rings. The zero-order valence-electron chi connectivity index (χ0n) is 11.2. The first-order valence-electron chi connectivity index (χ1n) is 7.04. The molecule has 0 unspecified atom stereocenters. The predicted molar refractivity (Wildman–Crippen MR) is 72.3 cm³/mol. The summed E-state index contributed by atoms with van der Waals surface area (Å²) in [7, 11) is -3.29. The van der Waals surface area contributed by atoms with Gasteiger partial charge in [0.05, 0.1) is 0 Å². The number of hydrogen-bond acceptors (Lipinski definition) is 3. The van der Waals surface area contributed by atoms with E-state index in [0.717, 1.165) is 32.1 Å². The monoisotopic (exact) mass is 275 g/mol. The van der Waals surface area contributed by atoms with E-state index in [1.54, 1.807) is 8.61 Å². The summed E-state index contributed by atoms with van der Waals surface area (Å²) in [6, 6.07) is -0.0225. The van der Waals surface area contributed by atoms with Crippen LogP contribution < -0.4 is 5.73 Å². The van der Waals surface area contributed by atoms with Gasteiger partial charge in [-0.1, -0.05) is 13.3 Å². The molecule has 0 amide bonds. The smallest absolute Gasteiger partial charge is 0.282 e. The Kier molecular flexibility index (Phi) is 4.64. The molecule has 0 radical (unpaired) electrons. The van der Waals surface area contributed by atoms with Crippen LogP contribution >= 0.6 is 0 Å². The highest BCUT2D eigenvalue weighted by molar-refractivity contribution is 7.86. The minimum absolute atomic E-state index is 0.0225. The maximum Gasteiger partial charge on any atom is 0.282 e. The van der Waals surface area contributed by atoms with E-state index in [9.17, 15) is 8.42 Å². The summed E-state index contributed by atoms with van der Waals surface area (Å²) in [4.78, 5) is 0. The normalized spacial score (nSPS) is 32.6. The summed E-state index contributed by atoms with van der Waals surface area (Å²) in [5.74, 6) is 0.364. The second kappa shape index (κ2) is 5.86. The van der Waals surface area contributed by atoms with Gasteiger partial charge in [-0.3, -0.25) is 0 Å². The standard InChI is InChI=1S/C12H25N3O2S/c1-11-6-5-9-15(12(11)10-13)18(16,17)14-7-3-2-4-8-14/h11-12H,2-10,13H2,1H3/t11-,12-/m0/s1. The lowest BCUT2D eigenvalue weighted by atomic mass is 9.93. The Morgan fingerprint density at radius 1 is 1.11 bits per heavy atom. The molecule has 0 saturated carbocycles. The van der Waals surface area contributed by atoms with Gasteiger partial charge in [0.1, 0.15) is 0 Å². The summed E-state index contributed by atoms with van der Waals surface area (Å²) in [6.45, 7) is 4.50. The third kappa shape index (κ3) is 2.71. The summed E-state index contributed by atoms with van der Waals surface area (Å²) < 4.78 is 28.6. The molecule has 2 heterocycles. The van der Waals surface area contributed by atoms with Crippen molar-refractivity contribution >= 4 is 10.2 Å². The van der Waals surface area contributed by atoms with Crippen LogP contribution in [-0.4, -0.2) is 49.2 Å². The van der Waals surface area contributed by atoms with Crippen molar-refractivity contribution in [3.63, 3.8) is 0 Å². The molecule has 0 spiro atoms. The molecule has 2 N–H and O–H groups in total. The van der Waals surface area contributed by atoms with Crippen LogP contribution in [0.4, 0.5) is 0 Å². The summed E-state index contributed by atoms with van der Waals surface area (Å²) >= 11 is 0. The van der Waals surface area contributed by atoms with E-state index >= 15 is 0 Å². The predicted octanol–water partition coefficient (Wildman–Crippen LogP) is 0.776. The van der Waals surface area contributed by atoms with Crippen molar-refractivity contribution < 1.29 is 8.42 Å². The Bertz CT molecular complexity index is 366. The van der Waals surface area contributed by atoms with Gasteiger partial charge in [-0.25, -0.2) is 0 Å². The minimum Gasteiger partial charge on any atom is -0.329 e. The fourth-order valence-corrected chi connectivity index (χ4v) is 5.10. The molecule has 0 aliphatic carbocycles. The first-order chi connectivity index (χ1) is 8.57. The van der Waals surface area contributed by atoms with Crippen LogP contribution in [0.25, 0.3) is 0 Å². The first-order valence-corrected chi connectivity index (χ1v) is 8.44. The summed E-state index contributed by atoms with van der Waals surface area (Å²) in [5.41, 5.74) is 5.79. The molecule has 0 bridgehead atoms. The number of piperidine rings is 2. The SMILES string of the molecule is C[C@H]1CCCN(S(=O)(=O)N2CCCCC2)[C@H]1CN. The molecule has 2 rings (SSSR count). The summed E-state index contributed by atoms with van der Waals surface area (Å²) in [5, 5.41) is 0. The van der Waals surface area contributed by atoms with Gasteiger partial charge in [-0.05, 0) is 31.6 Å². The first kappa shape index (κ1) is 14.2. The molecule has 0 aromatic heterocycles. The molecule has 0 aromatic rings. The van der Waals surface area contributed by atoms with Gasteiger partial charge in [0.25, 0.3) is 10.2 Å². The highest BCUT2D eigenvalue weighted by Gasteiger charge is 2.38. The van der Waals surface area contributed by atoms with E-state index in [0.29, 0.717) is 32.1 Å². The number of rotatable bonds is 3. The number of nitrogens with zero attached hydrogens (tertiary/aromatic N) is 2. The van der Waals surface area contributed by atoms with Gasteiger partial charge in [0, 0.05) is 32.2 Å². The Balaban J connectivity index is 2.16. The highest BCUT2D eigenvalue weighted by atomic mass is 32.2. The van der Waals surface area contributed by atoms with Gasteiger partial charge >= 0.3 is 0 Å². The quantitative estimate of drug-likeness (QED) is 0.827. The van der Waals surface area contributed by atoms with Crippen molar-refractivity contribution in [1.29, 1.82) is 0 Å². The molecule has 2 atom stereocenters. The molecule has 18 heavy (non-hydrogen) atoms. The van der Waals surface area contributed by atoms with E-state index in [2.05, 4.69) is 6.92 Å². The van der Waals surface area contributed by atoms with Gasteiger partial charge in [-0.2, -0.15) is 17.0 Å². The van der Waals surface area contributed by atoms with E-state index in [1.807, 2.05) is 0 Å². The topological polar surface area (TPSA) is 66.6 Å². The number of hydrogen-bond donors (Lipinski definition) is 1. The largest absolute Gasteiger partial charge is 0.329 e. The lowest BCUT2D eigenvalue weighted by Crippen LogP contribution is -2.56. The van der Waals surface area contributed by atoms with Crippen molar-refractivity contribution in [2.45, 2.75) is 45.1 Å². The lowest BCUT2D eigenvalue weighted by Gasteiger charge is -2.41. The van der Waals surface area contributed by atoms with Crippen molar-refractivity contribution in [2.75, 3.05) is 26.2 Å².